The van der Waals surface area contributed by atoms with Crippen molar-refractivity contribution in [2.45, 2.75) is 38.3 Å². The van der Waals surface area contributed by atoms with Gasteiger partial charge in [0.05, 0.1) is 18.0 Å². The van der Waals surface area contributed by atoms with Gasteiger partial charge in [0.15, 0.2) is 17.3 Å². The Labute approximate surface area is 195 Å². The standard InChI is InChI=1S/C24H27FN4O3S/c1-12(27(2)3)13-7-8-28(11-13)20-16(25)9-15-19(23(20)32-4)29(14-5-6-14)24-18(21(15)30)22(31)17(10-26)33-24/h9,12-14,31H,5-8,11H2,1-4H3/t12-,13+/m0/s1. The largest absolute Gasteiger partial charge is 0.505 e. The summed E-state index contributed by atoms with van der Waals surface area (Å²) < 4.78 is 23.4. The highest BCUT2D eigenvalue weighted by atomic mass is 32.1. The molecule has 1 aromatic carbocycles. The number of benzene rings is 1. The molecule has 9 heteroatoms. The van der Waals surface area contributed by atoms with Crippen LogP contribution in [0.2, 0.25) is 0 Å². The quantitative estimate of drug-likeness (QED) is 0.606. The van der Waals surface area contributed by atoms with E-state index < -0.39 is 11.2 Å². The first-order valence-corrected chi connectivity index (χ1v) is 12.0. The lowest BCUT2D eigenvalue weighted by Gasteiger charge is -2.28. The fourth-order valence-electron chi connectivity index (χ4n) is 5.09. The summed E-state index contributed by atoms with van der Waals surface area (Å²) in [6, 6.07) is 3.72. The highest BCUT2D eigenvalue weighted by Gasteiger charge is 2.36. The second-order valence-electron chi connectivity index (χ2n) is 9.34. The van der Waals surface area contributed by atoms with Crippen molar-refractivity contribution in [3.05, 3.63) is 27.0 Å². The van der Waals surface area contributed by atoms with E-state index in [9.17, 15) is 15.2 Å². The average molecular weight is 471 g/mol. The van der Waals surface area contributed by atoms with E-state index in [0.717, 1.165) is 30.6 Å². The fourth-order valence-corrected chi connectivity index (χ4v) is 6.16. The van der Waals surface area contributed by atoms with Crippen molar-refractivity contribution in [1.82, 2.24) is 9.47 Å². The van der Waals surface area contributed by atoms with Crippen LogP contribution in [0, 0.1) is 23.1 Å². The maximum absolute atomic E-state index is 15.6. The van der Waals surface area contributed by atoms with Gasteiger partial charge in [-0.1, -0.05) is 0 Å². The number of aromatic nitrogens is 1. The number of fused-ring (bicyclic) bond motifs is 2. The van der Waals surface area contributed by atoms with Crippen molar-refractivity contribution < 1.29 is 14.2 Å². The molecular weight excluding hydrogens is 443 g/mol. The van der Waals surface area contributed by atoms with Crippen LogP contribution in [0.4, 0.5) is 10.1 Å². The third-order valence-electron chi connectivity index (χ3n) is 7.23. The van der Waals surface area contributed by atoms with Crippen LogP contribution < -0.4 is 15.1 Å². The number of anilines is 1. The predicted molar refractivity (Wildman–Crippen MR) is 128 cm³/mol. The van der Waals surface area contributed by atoms with Gasteiger partial charge in [0, 0.05) is 25.2 Å². The molecule has 0 spiro atoms. The molecule has 0 amide bonds. The molecule has 0 unspecified atom stereocenters. The molecule has 2 aromatic heterocycles. The molecule has 174 valence electrons. The summed E-state index contributed by atoms with van der Waals surface area (Å²) in [4.78, 5) is 18.2. The Bertz CT molecular complexity index is 1370. The SMILES string of the molecule is COc1c(N2CC[C@@H]([C@H](C)N(C)C)C2)c(F)cc2c(=O)c3c(O)c(C#N)sc3n(C3CC3)c12. The van der Waals surface area contributed by atoms with Crippen molar-refractivity contribution in [3.8, 4) is 17.6 Å². The van der Waals surface area contributed by atoms with Crippen LogP contribution >= 0.6 is 11.3 Å². The Morgan fingerprint density at radius 1 is 1.36 bits per heavy atom. The first-order chi connectivity index (χ1) is 15.8. The van der Waals surface area contributed by atoms with Crippen LogP contribution in [-0.2, 0) is 0 Å². The summed E-state index contributed by atoms with van der Waals surface area (Å²) in [5.41, 5.74) is 0.452. The van der Waals surface area contributed by atoms with Gasteiger partial charge in [0.1, 0.15) is 26.9 Å². The number of pyridine rings is 1. The number of thiophene rings is 1. The Balaban J connectivity index is 1.78. The molecule has 0 radical (unpaired) electrons. The third-order valence-corrected chi connectivity index (χ3v) is 8.32. The molecule has 1 saturated carbocycles. The number of aromatic hydroxyl groups is 1. The molecule has 0 bridgehead atoms. The highest BCUT2D eigenvalue weighted by molar-refractivity contribution is 7.19. The van der Waals surface area contributed by atoms with Gasteiger partial charge in [-0.05, 0) is 52.3 Å². The van der Waals surface area contributed by atoms with Crippen LogP contribution in [-0.4, -0.2) is 54.9 Å². The molecule has 1 saturated heterocycles. The summed E-state index contributed by atoms with van der Waals surface area (Å²) in [7, 11) is 5.61. The van der Waals surface area contributed by atoms with Crippen LogP contribution in [0.25, 0.3) is 21.1 Å². The van der Waals surface area contributed by atoms with E-state index in [4.69, 9.17) is 4.74 Å². The van der Waals surface area contributed by atoms with E-state index in [1.807, 2.05) is 15.5 Å². The van der Waals surface area contributed by atoms with Gasteiger partial charge in [0.25, 0.3) is 0 Å². The molecule has 1 N–H and O–H groups in total. The monoisotopic (exact) mass is 470 g/mol. The van der Waals surface area contributed by atoms with E-state index in [1.54, 1.807) is 0 Å². The van der Waals surface area contributed by atoms with Crippen molar-refractivity contribution in [1.29, 1.82) is 5.26 Å². The van der Waals surface area contributed by atoms with Gasteiger partial charge in [-0.2, -0.15) is 5.26 Å². The first-order valence-electron chi connectivity index (χ1n) is 11.2. The summed E-state index contributed by atoms with van der Waals surface area (Å²) >= 11 is 1.10. The Hall–Kier alpha value is -2.83. The highest BCUT2D eigenvalue weighted by Crippen LogP contribution is 2.48. The summed E-state index contributed by atoms with van der Waals surface area (Å²) in [5.74, 6) is -0.0883. The zero-order valence-electron chi connectivity index (χ0n) is 19.2. The number of nitrogens with zero attached hydrogens (tertiary/aromatic N) is 4. The summed E-state index contributed by atoms with van der Waals surface area (Å²) in [5, 5.41) is 20.2. The van der Waals surface area contributed by atoms with Crippen LogP contribution in [0.15, 0.2) is 10.9 Å². The third kappa shape index (κ3) is 3.27. The maximum atomic E-state index is 15.6. The van der Waals surface area contributed by atoms with Gasteiger partial charge in [0.2, 0.25) is 5.43 Å². The van der Waals surface area contributed by atoms with E-state index in [1.165, 1.54) is 13.2 Å². The van der Waals surface area contributed by atoms with Gasteiger partial charge in [-0.25, -0.2) is 4.39 Å². The second-order valence-corrected chi connectivity index (χ2v) is 10.3. The second kappa shape index (κ2) is 7.89. The number of nitriles is 1. The van der Waals surface area contributed by atoms with Crippen molar-refractivity contribution in [2.24, 2.45) is 5.92 Å². The van der Waals surface area contributed by atoms with Crippen molar-refractivity contribution >= 4 is 38.1 Å². The first kappa shape index (κ1) is 22.0. The van der Waals surface area contributed by atoms with Crippen LogP contribution in [0.5, 0.6) is 11.5 Å². The van der Waals surface area contributed by atoms with Gasteiger partial charge >= 0.3 is 0 Å². The lowest BCUT2D eigenvalue weighted by Crippen LogP contribution is -2.34. The number of rotatable bonds is 5. The minimum Gasteiger partial charge on any atom is -0.505 e. The van der Waals surface area contributed by atoms with Crippen molar-refractivity contribution in [2.75, 3.05) is 39.2 Å². The summed E-state index contributed by atoms with van der Waals surface area (Å²) in [6.45, 7) is 3.59. The van der Waals surface area contributed by atoms with Gasteiger partial charge in [-0.3, -0.25) is 4.79 Å². The number of halogens is 1. The molecule has 33 heavy (non-hydrogen) atoms. The minimum absolute atomic E-state index is 0.0891. The number of hydrogen-bond acceptors (Lipinski definition) is 7. The normalized spacial score (nSPS) is 19.5. The van der Waals surface area contributed by atoms with Crippen LogP contribution in [0.1, 0.15) is 37.1 Å². The molecule has 2 aliphatic rings. The Kier molecular flexibility index (Phi) is 5.26. The Morgan fingerprint density at radius 2 is 2.09 bits per heavy atom. The summed E-state index contributed by atoms with van der Waals surface area (Å²) in [6.07, 6.45) is 2.77. The molecule has 1 aliphatic carbocycles. The van der Waals surface area contributed by atoms with Crippen LogP contribution in [0.3, 0.4) is 0 Å². The minimum atomic E-state index is -0.508. The Morgan fingerprint density at radius 3 is 2.70 bits per heavy atom. The smallest absolute Gasteiger partial charge is 0.202 e. The topological polar surface area (TPSA) is 81.7 Å². The molecule has 2 atom stereocenters. The van der Waals surface area contributed by atoms with Gasteiger partial charge in [-0.15, -0.1) is 11.3 Å². The van der Waals surface area contributed by atoms with Gasteiger partial charge < -0.3 is 24.2 Å². The van der Waals surface area contributed by atoms with E-state index in [-0.39, 0.29) is 27.4 Å². The molecule has 5 rings (SSSR count). The number of methoxy groups -OCH3 is 1. The molecule has 2 fully saturated rings. The van der Waals surface area contributed by atoms with Crippen molar-refractivity contribution in [3.63, 3.8) is 0 Å². The zero-order chi connectivity index (χ0) is 23.6. The lowest BCUT2D eigenvalue weighted by atomic mass is 10.00. The fraction of sp³-hybridized carbons (Fsp3) is 0.500. The average Bonchev–Trinajstić information content (AvgIpc) is 3.41. The molecule has 7 nitrogen and oxygen atoms in total. The predicted octanol–water partition coefficient (Wildman–Crippen LogP) is 4.05. The van der Waals surface area contributed by atoms with E-state index >= 15 is 4.39 Å². The molecule has 1 aliphatic heterocycles. The molecule has 3 aromatic rings. The lowest BCUT2D eigenvalue weighted by molar-refractivity contribution is 0.240. The number of ether oxygens (including phenoxy) is 1. The van der Waals surface area contributed by atoms with E-state index in [2.05, 4.69) is 25.9 Å². The molecule has 3 heterocycles. The maximum Gasteiger partial charge on any atom is 0.202 e. The zero-order valence-corrected chi connectivity index (χ0v) is 20.0. The van der Waals surface area contributed by atoms with E-state index in [0.29, 0.717) is 46.8 Å². The number of hydrogen-bond donors (Lipinski definition) is 1. The molecular formula is C24H27FN4O3S.